The Labute approximate surface area is 115 Å². The van der Waals surface area contributed by atoms with Gasteiger partial charge in [-0.05, 0) is 52.5 Å². The molecule has 2 aromatic rings. The molecule has 1 aromatic carbocycles. The first kappa shape index (κ1) is 12.8. The number of benzene rings is 1. The van der Waals surface area contributed by atoms with Crippen molar-refractivity contribution in [2.24, 2.45) is 0 Å². The van der Waals surface area contributed by atoms with Crippen LogP contribution < -0.4 is 11.1 Å². The molecule has 0 aliphatic heterocycles. The first-order chi connectivity index (χ1) is 8.60. The Morgan fingerprint density at radius 2 is 2.17 bits per heavy atom. The van der Waals surface area contributed by atoms with Gasteiger partial charge in [-0.2, -0.15) is 4.98 Å². The normalized spacial score (nSPS) is 10.4. The number of anilines is 3. The Morgan fingerprint density at radius 1 is 1.39 bits per heavy atom. The molecule has 0 amide bonds. The van der Waals surface area contributed by atoms with Gasteiger partial charge in [0.1, 0.15) is 5.82 Å². The number of halogens is 1. The first-order valence-electron chi connectivity index (χ1n) is 5.74. The van der Waals surface area contributed by atoms with Crippen LogP contribution in [0.1, 0.15) is 18.1 Å². The zero-order valence-electron chi connectivity index (χ0n) is 10.4. The Bertz CT molecular complexity index is 569. The highest BCUT2D eigenvalue weighted by atomic mass is 79.9. The molecule has 0 bridgehead atoms. The standard InChI is InChI=1S/C13H15BrN4/c1-3-9-6-10(5-4-8(9)2)17-12-11(14)7-16-13(15)18-12/h4-7H,3H2,1-2H3,(H3,15,16,17,18). The highest BCUT2D eigenvalue weighted by molar-refractivity contribution is 9.10. The van der Waals surface area contributed by atoms with E-state index in [0.29, 0.717) is 5.82 Å². The van der Waals surface area contributed by atoms with E-state index >= 15 is 0 Å². The molecule has 0 aliphatic rings. The van der Waals surface area contributed by atoms with E-state index in [-0.39, 0.29) is 5.95 Å². The predicted octanol–water partition coefficient (Wildman–Crippen LogP) is 3.44. The number of aromatic nitrogens is 2. The summed E-state index contributed by atoms with van der Waals surface area (Å²) in [6.45, 7) is 4.26. The van der Waals surface area contributed by atoms with Gasteiger partial charge in [-0.25, -0.2) is 4.98 Å². The summed E-state index contributed by atoms with van der Waals surface area (Å²) >= 11 is 3.39. The Balaban J connectivity index is 2.31. The quantitative estimate of drug-likeness (QED) is 0.912. The van der Waals surface area contributed by atoms with Crippen LogP contribution >= 0.6 is 15.9 Å². The van der Waals surface area contributed by atoms with Gasteiger partial charge in [0.05, 0.1) is 4.47 Å². The molecule has 5 heteroatoms. The predicted molar refractivity (Wildman–Crippen MR) is 78.0 cm³/mol. The van der Waals surface area contributed by atoms with E-state index in [2.05, 4.69) is 57.2 Å². The molecule has 0 saturated carbocycles. The third-order valence-corrected chi connectivity index (χ3v) is 3.34. The van der Waals surface area contributed by atoms with Gasteiger partial charge in [0.25, 0.3) is 0 Å². The highest BCUT2D eigenvalue weighted by Crippen LogP contribution is 2.25. The van der Waals surface area contributed by atoms with Crippen molar-refractivity contribution in [2.75, 3.05) is 11.1 Å². The van der Waals surface area contributed by atoms with Crippen LogP contribution in [0.3, 0.4) is 0 Å². The number of rotatable bonds is 3. The number of hydrogen-bond acceptors (Lipinski definition) is 4. The minimum absolute atomic E-state index is 0.253. The third-order valence-electron chi connectivity index (χ3n) is 2.76. The zero-order chi connectivity index (χ0) is 13.1. The molecule has 3 N–H and O–H groups in total. The summed E-state index contributed by atoms with van der Waals surface area (Å²) in [5.41, 5.74) is 9.19. The maximum atomic E-state index is 5.58. The molecule has 0 unspecified atom stereocenters. The lowest BCUT2D eigenvalue weighted by Crippen LogP contribution is -2.01. The maximum absolute atomic E-state index is 5.58. The molecule has 94 valence electrons. The van der Waals surface area contributed by atoms with Gasteiger partial charge in [0.2, 0.25) is 5.95 Å². The molecule has 0 atom stereocenters. The van der Waals surface area contributed by atoms with Crippen LogP contribution in [-0.4, -0.2) is 9.97 Å². The third kappa shape index (κ3) is 2.79. The van der Waals surface area contributed by atoms with Crippen molar-refractivity contribution in [3.05, 3.63) is 40.0 Å². The van der Waals surface area contributed by atoms with Crippen LogP contribution in [0.25, 0.3) is 0 Å². The highest BCUT2D eigenvalue weighted by Gasteiger charge is 2.05. The topological polar surface area (TPSA) is 63.8 Å². The van der Waals surface area contributed by atoms with Crippen molar-refractivity contribution in [2.45, 2.75) is 20.3 Å². The van der Waals surface area contributed by atoms with E-state index in [1.54, 1.807) is 6.20 Å². The molecule has 0 saturated heterocycles. The second kappa shape index (κ2) is 5.35. The van der Waals surface area contributed by atoms with Crippen molar-refractivity contribution in [1.29, 1.82) is 0 Å². The van der Waals surface area contributed by atoms with E-state index in [9.17, 15) is 0 Å². The molecule has 0 fully saturated rings. The fraction of sp³-hybridized carbons (Fsp3) is 0.231. The number of nitrogens with one attached hydrogen (secondary N) is 1. The number of aryl methyl sites for hydroxylation is 2. The molecule has 0 radical (unpaired) electrons. The minimum Gasteiger partial charge on any atom is -0.368 e. The van der Waals surface area contributed by atoms with Crippen LogP contribution in [0.5, 0.6) is 0 Å². The van der Waals surface area contributed by atoms with Gasteiger partial charge in [-0.3, -0.25) is 0 Å². The van der Waals surface area contributed by atoms with Crippen molar-refractivity contribution in [1.82, 2.24) is 9.97 Å². The number of nitrogens with two attached hydrogens (primary N) is 1. The van der Waals surface area contributed by atoms with Gasteiger partial charge in [0, 0.05) is 11.9 Å². The molecular weight excluding hydrogens is 292 g/mol. The summed E-state index contributed by atoms with van der Waals surface area (Å²) in [6.07, 6.45) is 2.65. The van der Waals surface area contributed by atoms with Gasteiger partial charge < -0.3 is 11.1 Å². The summed E-state index contributed by atoms with van der Waals surface area (Å²) in [4.78, 5) is 8.06. The van der Waals surface area contributed by atoms with Crippen LogP contribution in [0.15, 0.2) is 28.9 Å². The molecule has 1 aromatic heterocycles. The van der Waals surface area contributed by atoms with Crippen molar-refractivity contribution in [3.63, 3.8) is 0 Å². The van der Waals surface area contributed by atoms with Crippen LogP contribution in [-0.2, 0) is 6.42 Å². The smallest absolute Gasteiger partial charge is 0.222 e. The molecular formula is C13H15BrN4. The Kier molecular flexibility index (Phi) is 3.81. The summed E-state index contributed by atoms with van der Waals surface area (Å²) in [6, 6.07) is 6.25. The fourth-order valence-corrected chi connectivity index (χ4v) is 2.03. The largest absolute Gasteiger partial charge is 0.368 e. The minimum atomic E-state index is 0.253. The van der Waals surface area contributed by atoms with E-state index in [1.165, 1.54) is 11.1 Å². The van der Waals surface area contributed by atoms with Gasteiger partial charge in [-0.15, -0.1) is 0 Å². The van der Waals surface area contributed by atoms with Crippen LogP contribution in [0.4, 0.5) is 17.5 Å². The van der Waals surface area contributed by atoms with Crippen molar-refractivity contribution >= 4 is 33.4 Å². The number of nitrogens with zero attached hydrogens (tertiary/aromatic N) is 2. The molecule has 0 aliphatic carbocycles. The lowest BCUT2D eigenvalue weighted by molar-refractivity contribution is 1.11. The number of nitrogen functional groups attached to an aromatic ring is 1. The average molecular weight is 307 g/mol. The second-order valence-corrected chi connectivity index (χ2v) is 4.90. The van der Waals surface area contributed by atoms with Gasteiger partial charge >= 0.3 is 0 Å². The van der Waals surface area contributed by atoms with Gasteiger partial charge in [-0.1, -0.05) is 13.0 Å². The second-order valence-electron chi connectivity index (χ2n) is 4.04. The number of hydrogen-bond donors (Lipinski definition) is 2. The summed E-state index contributed by atoms with van der Waals surface area (Å²) < 4.78 is 0.787. The summed E-state index contributed by atoms with van der Waals surface area (Å²) in [5.74, 6) is 0.928. The van der Waals surface area contributed by atoms with E-state index < -0.39 is 0 Å². The average Bonchev–Trinajstić information content (AvgIpc) is 2.36. The molecule has 2 rings (SSSR count). The van der Waals surface area contributed by atoms with E-state index in [1.807, 2.05) is 6.07 Å². The lowest BCUT2D eigenvalue weighted by Gasteiger charge is -2.10. The SMILES string of the molecule is CCc1cc(Nc2nc(N)ncc2Br)ccc1C. The summed E-state index contributed by atoms with van der Waals surface area (Å²) in [7, 11) is 0. The first-order valence-corrected chi connectivity index (χ1v) is 6.54. The molecule has 18 heavy (non-hydrogen) atoms. The molecule has 4 nitrogen and oxygen atoms in total. The van der Waals surface area contributed by atoms with Crippen molar-refractivity contribution < 1.29 is 0 Å². The van der Waals surface area contributed by atoms with E-state index in [4.69, 9.17) is 5.73 Å². The monoisotopic (exact) mass is 306 g/mol. The molecule has 1 heterocycles. The maximum Gasteiger partial charge on any atom is 0.222 e. The fourth-order valence-electron chi connectivity index (χ4n) is 1.74. The Morgan fingerprint density at radius 3 is 2.89 bits per heavy atom. The van der Waals surface area contributed by atoms with Crippen LogP contribution in [0.2, 0.25) is 0 Å². The zero-order valence-corrected chi connectivity index (χ0v) is 12.0. The summed E-state index contributed by atoms with van der Waals surface area (Å²) in [5, 5.41) is 3.24. The van der Waals surface area contributed by atoms with E-state index in [0.717, 1.165) is 16.6 Å². The lowest BCUT2D eigenvalue weighted by atomic mass is 10.1. The van der Waals surface area contributed by atoms with Crippen molar-refractivity contribution in [3.8, 4) is 0 Å². The molecule has 0 spiro atoms. The van der Waals surface area contributed by atoms with Crippen LogP contribution in [0, 0.1) is 6.92 Å². The Hall–Kier alpha value is -1.62. The van der Waals surface area contributed by atoms with Gasteiger partial charge in [0.15, 0.2) is 0 Å².